The molecule has 0 saturated heterocycles. The molecule has 0 radical (unpaired) electrons. The highest BCUT2D eigenvalue weighted by atomic mass is 32.1. The predicted molar refractivity (Wildman–Crippen MR) is 101 cm³/mol. The SMILES string of the molecule is O=C(COC(=O)c1ccc(NC(=O)c2ccco2)s1)Nc1cccc(C(F)(F)F)c1. The molecule has 3 rings (SSSR count). The fourth-order valence-electron chi connectivity index (χ4n) is 2.27. The minimum absolute atomic E-state index is 0.0788. The number of benzene rings is 1. The highest BCUT2D eigenvalue weighted by Gasteiger charge is 2.30. The maximum absolute atomic E-state index is 12.7. The van der Waals surface area contributed by atoms with Crippen LogP contribution in [0.1, 0.15) is 25.8 Å². The molecule has 2 N–H and O–H groups in total. The maximum Gasteiger partial charge on any atom is 0.416 e. The Bertz CT molecular complexity index is 1060. The summed E-state index contributed by atoms with van der Waals surface area (Å²) >= 11 is 0.922. The smallest absolute Gasteiger partial charge is 0.416 e. The number of hydrogen-bond acceptors (Lipinski definition) is 6. The van der Waals surface area contributed by atoms with E-state index in [4.69, 9.17) is 9.15 Å². The van der Waals surface area contributed by atoms with Gasteiger partial charge in [-0.15, -0.1) is 11.3 Å². The molecule has 7 nitrogen and oxygen atoms in total. The molecule has 0 bridgehead atoms. The van der Waals surface area contributed by atoms with Gasteiger partial charge in [-0.3, -0.25) is 9.59 Å². The van der Waals surface area contributed by atoms with Crippen molar-refractivity contribution < 1.29 is 36.7 Å². The molecule has 1 aromatic carbocycles. The van der Waals surface area contributed by atoms with E-state index in [1.807, 2.05) is 0 Å². The second-order valence-electron chi connectivity index (χ2n) is 5.80. The van der Waals surface area contributed by atoms with Crippen molar-refractivity contribution >= 4 is 39.8 Å². The average Bonchev–Trinajstić information content (AvgIpc) is 3.38. The number of anilines is 2. The van der Waals surface area contributed by atoms with Gasteiger partial charge in [0.15, 0.2) is 12.4 Å². The van der Waals surface area contributed by atoms with Gasteiger partial charge in [-0.1, -0.05) is 6.07 Å². The quantitative estimate of drug-likeness (QED) is 0.556. The van der Waals surface area contributed by atoms with Crippen LogP contribution >= 0.6 is 11.3 Å². The third-order valence-electron chi connectivity index (χ3n) is 3.60. The number of rotatable bonds is 6. The highest BCUT2D eigenvalue weighted by Crippen LogP contribution is 2.30. The Labute approximate surface area is 171 Å². The zero-order chi connectivity index (χ0) is 21.7. The van der Waals surface area contributed by atoms with E-state index < -0.39 is 36.1 Å². The minimum Gasteiger partial charge on any atom is -0.459 e. The Hall–Kier alpha value is -3.60. The van der Waals surface area contributed by atoms with Crippen LogP contribution in [0, 0.1) is 0 Å². The van der Waals surface area contributed by atoms with Crippen LogP contribution in [0.3, 0.4) is 0 Å². The number of esters is 1. The summed E-state index contributed by atoms with van der Waals surface area (Å²) in [6, 6.07) is 9.97. The lowest BCUT2D eigenvalue weighted by Gasteiger charge is -2.10. The summed E-state index contributed by atoms with van der Waals surface area (Å²) in [5.74, 6) is -2.02. The van der Waals surface area contributed by atoms with Gasteiger partial charge in [-0.25, -0.2) is 4.79 Å². The Balaban J connectivity index is 1.51. The third-order valence-corrected chi connectivity index (χ3v) is 4.58. The number of carbonyl (C=O) groups excluding carboxylic acids is 3. The summed E-state index contributed by atoms with van der Waals surface area (Å²) in [7, 11) is 0. The van der Waals surface area contributed by atoms with Gasteiger partial charge >= 0.3 is 12.1 Å². The molecule has 0 aliphatic heterocycles. The first-order chi connectivity index (χ1) is 14.2. The molecule has 0 fully saturated rings. The van der Waals surface area contributed by atoms with Crippen LogP contribution in [0.25, 0.3) is 0 Å². The molecular weight excluding hydrogens is 425 g/mol. The first-order valence-corrected chi connectivity index (χ1v) is 9.13. The third kappa shape index (κ3) is 5.47. The summed E-state index contributed by atoms with van der Waals surface area (Å²) in [5.41, 5.74) is -0.995. The number of hydrogen-bond donors (Lipinski definition) is 2. The van der Waals surface area contributed by atoms with Crippen molar-refractivity contribution in [3.8, 4) is 0 Å². The highest BCUT2D eigenvalue weighted by molar-refractivity contribution is 7.18. The van der Waals surface area contributed by atoms with Crippen molar-refractivity contribution in [2.24, 2.45) is 0 Å². The second kappa shape index (κ2) is 8.82. The zero-order valence-electron chi connectivity index (χ0n) is 15.0. The standard InChI is InChI=1S/C19H13F3N2O5S/c20-19(21,22)11-3-1-4-12(9-11)23-15(25)10-29-18(27)14-6-7-16(30-14)24-17(26)13-5-2-8-28-13/h1-9H,10H2,(H,23,25)(H,24,26). The molecular formula is C19H13F3N2O5S. The number of halogens is 3. The van der Waals surface area contributed by atoms with Crippen molar-refractivity contribution in [1.82, 2.24) is 0 Å². The van der Waals surface area contributed by atoms with E-state index in [-0.39, 0.29) is 16.3 Å². The summed E-state index contributed by atoms with van der Waals surface area (Å²) in [4.78, 5) is 35.9. The Morgan fingerprint density at radius 1 is 1.03 bits per heavy atom. The van der Waals surface area contributed by atoms with E-state index >= 15 is 0 Å². The first kappa shape index (κ1) is 21.1. The summed E-state index contributed by atoms with van der Waals surface area (Å²) < 4.78 is 47.9. The van der Waals surface area contributed by atoms with Crippen LogP contribution in [0.4, 0.5) is 23.9 Å². The van der Waals surface area contributed by atoms with Gasteiger partial charge in [-0.05, 0) is 42.5 Å². The molecule has 0 saturated carbocycles. The van der Waals surface area contributed by atoms with Gasteiger partial charge < -0.3 is 19.8 Å². The minimum atomic E-state index is -4.55. The van der Waals surface area contributed by atoms with E-state index in [1.165, 1.54) is 30.5 Å². The van der Waals surface area contributed by atoms with Gasteiger partial charge in [-0.2, -0.15) is 13.2 Å². The fraction of sp³-hybridized carbons (Fsp3) is 0.105. The Morgan fingerprint density at radius 3 is 2.53 bits per heavy atom. The van der Waals surface area contributed by atoms with E-state index in [0.717, 1.165) is 29.5 Å². The monoisotopic (exact) mass is 438 g/mol. The van der Waals surface area contributed by atoms with Crippen LogP contribution in [-0.4, -0.2) is 24.4 Å². The second-order valence-corrected chi connectivity index (χ2v) is 6.88. The van der Waals surface area contributed by atoms with Gasteiger partial charge in [0.05, 0.1) is 16.8 Å². The molecule has 11 heteroatoms. The molecule has 0 atom stereocenters. The van der Waals surface area contributed by atoms with Crippen LogP contribution in [0.15, 0.2) is 59.2 Å². The van der Waals surface area contributed by atoms with Crippen LogP contribution in [0.2, 0.25) is 0 Å². The van der Waals surface area contributed by atoms with E-state index in [1.54, 1.807) is 6.07 Å². The number of ether oxygens (including phenoxy) is 1. The molecule has 156 valence electrons. The van der Waals surface area contributed by atoms with Crippen LogP contribution < -0.4 is 10.6 Å². The lowest BCUT2D eigenvalue weighted by molar-refractivity contribution is -0.137. The summed E-state index contributed by atoms with van der Waals surface area (Å²) in [5, 5.41) is 5.13. The van der Waals surface area contributed by atoms with E-state index in [0.29, 0.717) is 5.00 Å². The topological polar surface area (TPSA) is 97.6 Å². The number of alkyl halides is 3. The van der Waals surface area contributed by atoms with E-state index in [9.17, 15) is 27.6 Å². The van der Waals surface area contributed by atoms with Gasteiger partial charge in [0.1, 0.15) is 4.88 Å². The van der Waals surface area contributed by atoms with Crippen molar-refractivity contribution in [1.29, 1.82) is 0 Å². The first-order valence-electron chi connectivity index (χ1n) is 8.31. The molecule has 0 spiro atoms. The largest absolute Gasteiger partial charge is 0.459 e. The van der Waals surface area contributed by atoms with Gasteiger partial charge in [0.2, 0.25) is 0 Å². The summed E-state index contributed by atoms with van der Waals surface area (Å²) in [6.07, 6.45) is -3.20. The number of carbonyl (C=O) groups is 3. The van der Waals surface area contributed by atoms with Gasteiger partial charge in [0, 0.05) is 5.69 Å². The molecule has 2 heterocycles. The zero-order valence-corrected chi connectivity index (χ0v) is 15.8. The number of thiophene rings is 1. The number of amides is 2. The Kier molecular flexibility index (Phi) is 6.21. The Morgan fingerprint density at radius 2 is 1.83 bits per heavy atom. The van der Waals surface area contributed by atoms with E-state index in [2.05, 4.69) is 10.6 Å². The van der Waals surface area contributed by atoms with Crippen molar-refractivity contribution in [2.75, 3.05) is 17.2 Å². The molecule has 0 aliphatic rings. The maximum atomic E-state index is 12.7. The van der Waals surface area contributed by atoms with Crippen molar-refractivity contribution in [3.05, 3.63) is 71.0 Å². The predicted octanol–water partition coefficient (Wildman–Crippen LogP) is 4.41. The summed E-state index contributed by atoms with van der Waals surface area (Å²) in [6.45, 7) is -0.693. The molecule has 3 aromatic rings. The van der Waals surface area contributed by atoms with Crippen molar-refractivity contribution in [3.63, 3.8) is 0 Å². The molecule has 0 unspecified atom stereocenters. The fourth-order valence-corrected chi connectivity index (χ4v) is 3.06. The molecule has 30 heavy (non-hydrogen) atoms. The molecule has 0 aliphatic carbocycles. The molecule has 2 aromatic heterocycles. The normalized spacial score (nSPS) is 11.0. The lowest BCUT2D eigenvalue weighted by atomic mass is 10.2. The number of nitrogens with one attached hydrogen (secondary N) is 2. The van der Waals surface area contributed by atoms with Gasteiger partial charge in [0.25, 0.3) is 11.8 Å². The van der Waals surface area contributed by atoms with Crippen LogP contribution in [0.5, 0.6) is 0 Å². The molecule has 2 amide bonds. The number of furan rings is 1. The lowest BCUT2D eigenvalue weighted by Crippen LogP contribution is -2.21. The van der Waals surface area contributed by atoms with Crippen molar-refractivity contribution in [2.45, 2.75) is 6.18 Å². The van der Waals surface area contributed by atoms with Crippen LogP contribution in [-0.2, 0) is 15.7 Å². The average molecular weight is 438 g/mol.